The SMILES string of the molecule is CC1C2CCC(=O)[C@@H]3Oc4c(OC(=O)CCCCC(=O)Oc5ccc6c7c5O[C@H]5C(=O)CCC8C9N(C)C69C[C@@]785)ccc5c4[C@]23CC5N1C. The topological polar surface area (TPSA) is 111 Å². The van der Waals surface area contributed by atoms with Crippen LogP contribution in [-0.2, 0) is 35.5 Å². The molecule has 9 aliphatic rings. The molecule has 3 spiro atoms. The molecule has 0 aromatic heterocycles. The quantitative estimate of drug-likeness (QED) is 0.183. The molecule has 49 heavy (non-hydrogen) atoms. The molecule has 4 bridgehead atoms. The van der Waals surface area contributed by atoms with Gasteiger partial charge in [-0.15, -0.1) is 0 Å². The van der Waals surface area contributed by atoms with Crippen LogP contribution in [-0.4, -0.2) is 71.7 Å². The van der Waals surface area contributed by atoms with Crippen molar-refractivity contribution in [2.45, 2.75) is 118 Å². The van der Waals surface area contributed by atoms with E-state index in [1.165, 1.54) is 11.1 Å². The molecule has 4 aliphatic heterocycles. The second kappa shape index (κ2) is 9.12. The smallest absolute Gasteiger partial charge is 0.311 e. The molecule has 254 valence electrons. The maximum Gasteiger partial charge on any atom is 0.311 e. The Morgan fingerprint density at radius 1 is 0.837 bits per heavy atom. The second-order valence-corrected chi connectivity index (χ2v) is 16.4. The number of nitrogens with zero attached hydrogens (tertiary/aromatic N) is 2. The van der Waals surface area contributed by atoms with E-state index in [0.717, 1.165) is 36.8 Å². The average Bonchev–Trinajstić information content (AvgIpc) is 3.60. The number of carbonyl (C=O) groups excluding carboxylic acids is 4. The van der Waals surface area contributed by atoms with Crippen LogP contribution in [0.1, 0.15) is 99.4 Å². The summed E-state index contributed by atoms with van der Waals surface area (Å²) >= 11 is 0. The summed E-state index contributed by atoms with van der Waals surface area (Å²) in [5, 5.41) is 0. The van der Waals surface area contributed by atoms with Gasteiger partial charge in [0, 0.05) is 60.4 Å². The highest BCUT2D eigenvalue weighted by Gasteiger charge is 2.85. The monoisotopic (exact) mass is 664 g/mol. The maximum atomic E-state index is 13.2. The number of benzene rings is 2. The van der Waals surface area contributed by atoms with Gasteiger partial charge >= 0.3 is 11.9 Å². The van der Waals surface area contributed by atoms with Gasteiger partial charge in [0.1, 0.15) is 0 Å². The van der Waals surface area contributed by atoms with Crippen molar-refractivity contribution >= 4 is 23.5 Å². The van der Waals surface area contributed by atoms with Crippen LogP contribution in [0.4, 0.5) is 0 Å². The van der Waals surface area contributed by atoms with Gasteiger partial charge in [-0.25, -0.2) is 0 Å². The third-order valence-corrected chi connectivity index (χ3v) is 14.9. The number of carbonyl (C=O) groups is 4. The summed E-state index contributed by atoms with van der Waals surface area (Å²) in [6, 6.07) is 8.79. The van der Waals surface area contributed by atoms with Crippen LogP contribution in [0.3, 0.4) is 0 Å². The van der Waals surface area contributed by atoms with Crippen LogP contribution in [0.15, 0.2) is 24.3 Å². The number of likely N-dealkylation sites (N-methyl/N-ethyl adjacent to an activating group) is 1. The second-order valence-electron chi connectivity index (χ2n) is 16.4. The molecule has 0 N–H and O–H groups in total. The number of hydrogen-bond donors (Lipinski definition) is 0. The van der Waals surface area contributed by atoms with E-state index in [2.05, 4.69) is 43.0 Å². The van der Waals surface area contributed by atoms with Crippen molar-refractivity contribution in [3.8, 4) is 23.0 Å². The fourth-order valence-electron chi connectivity index (χ4n) is 12.9. The van der Waals surface area contributed by atoms with Gasteiger partial charge in [0.25, 0.3) is 0 Å². The Hall–Kier alpha value is -3.76. The first-order valence-electron chi connectivity index (χ1n) is 18.2. The van der Waals surface area contributed by atoms with E-state index in [1.54, 1.807) is 0 Å². The highest BCUT2D eigenvalue weighted by Crippen LogP contribution is 2.80. The number of esters is 2. The molecule has 2 aromatic rings. The van der Waals surface area contributed by atoms with Crippen molar-refractivity contribution in [3.05, 3.63) is 46.5 Å². The number of ketones is 2. The number of ether oxygens (including phenoxy) is 4. The Morgan fingerprint density at radius 3 is 2.14 bits per heavy atom. The van der Waals surface area contributed by atoms with E-state index in [-0.39, 0.29) is 46.8 Å². The normalized spacial score (nSPS) is 41.5. The molecule has 3 saturated carbocycles. The highest BCUT2D eigenvalue weighted by molar-refractivity contribution is 5.92. The molecule has 2 saturated heterocycles. The van der Waals surface area contributed by atoms with Gasteiger partial charge < -0.3 is 18.9 Å². The Labute approximate surface area is 284 Å². The number of Topliss-reactive ketones (excluding diaryl/α,β-unsaturated/α-hetero) is 2. The summed E-state index contributed by atoms with van der Waals surface area (Å²) in [5.74, 6) is 2.15. The molecular formula is C39H40N2O8. The van der Waals surface area contributed by atoms with Crippen LogP contribution in [0.25, 0.3) is 0 Å². The summed E-state index contributed by atoms with van der Waals surface area (Å²) in [4.78, 5) is 57.2. The van der Waals surface area contributed by atoms with Crippen molar-refractivity contribution in [2.75, 3.05) is 14.1 Å². The van der Waals surface area contributed by atoms with Crippen molar-refractivity contribution < 1.29 is 38.1 Å². The lowest BCUT2D eigenvalue weighted by Gasteiger charge is -2.52. The van der Waals surface area contributed by atoms with E-state index in [4.69, 9.17) is 18.9 Å². The zero-order chi connectivity index (χ0) is 33.4. The number of fused-ring (bicyclic) bond motifs is 3. The molecule has 0 radical (unpaired) electrons. The van der Waals surface area contributed by atoms with Crippen LogP contribution >= 0.6 is 0 Å². The molecule has 5 aliphatic carbocycles. The minimum Gasteiger partial charge on any atom is -0.477 e. The molecule has 10 nitrogen and oxygen atoms in total. The van der Waals surface area contributed by atoms with Gasteiger partial charge in [0.15, 0.2) is 46.8 Å². The molecule has 5 fully saturated rings. The molecule has 2 aromatic carbocycles. The highest BCUT2D eigenvalue weighted by atomic mass is 16.6. The maximum absolute atomic E-state index is 13.2. The number of piperidine rings is 2. The molecule has 11 atom stereocenters. The fraction of sp³-hybridized carbons (Fsp3) is 0.590. The Morgan fingerprint density at radius 2 is 1.45 bits per heavy atom. The van der Waals surface area contributed by atoms with Crippen molar-refractivity contribution in [1.29, 1.82) is 0 Å². The standard InChI is InChI=1S/C39H40N2O8/c1-18-20-9-12-24(42)35-37(20)16-23(40(18)2)19-8-14-26(32(48-35)30(19)37)46-28(44)6-4-5-7-29(45)47-27-15-11-21-31-33(27)49-36-25(43)13-10-22-34-39(21,41(34)3)17-38(22,31)36/h8,11,14-15,18,20,22-23,34-36H,4-7,9-10,12-13,16-17H2,1-3H3/t18?,20?,22?,23?,34?,35-,36-,37-,38-,39?,41?/m0/s1. The molecule has 11 rings (SSSR count). The van der Waals surface area contributed by atoms with E-state index in [0.29, 0.717) is 72.6 Å². The van der Waals surface area contributed by atoms with Gasteiger partial charge in [-0.2, -0.15) is 0 Å². The first kappa shape index (κ1) is 29.0. The average molecular weight is 665 g/mol. The number of rotatable bonds is 7. The van der Waals surface area contributed by atoms with Crippen LogP contribution in [0.5, 0.6) is 23.0 Å². The number of hydrogen-bond acceptors (Lipinski definition) is 10. The third kappa shape index (κ3) is 3.15. The number of unbranched alkanes of at least 4 members (excludes halogenated alkanes) is 1. The lowest BCUT2D eigenvalue weighted by atomic mass is 9.58. The molecule has 10 heteroatoms. The van der Waals surface area contributed by atoms with E-state index in [1.807, 2.05) is 12.1 Å². The van der Waals surface area contributed by atoms with Crippen molar-refractivity contribution in [3.63, 3.8) is 0 Å². The Balaban J connectivity index is 0.758. The van der Waals surface area contributed by atoms with Crippen molar-refractivity contribution in [1.82, 2.24) is 9.80 Å². The fourth-order valence-corrected chi connectivity index (χ4v) is 12.9. The molecular weight excluding hydrogens is 624 g/mol. The molecule has 4 heterocycles. The summed E-state index contributed by atoms with van der Waals surface area (Å²) in [6.45, 7) is 2.26. The lowest BCUT2D eigenvalue weighted by molar-refractivity contribution is -0.138. The van der Waals surface area contributed by atoms with Gasteiger partial charge in [0.2, 0.25) is 0 Å². The predicted octanol–water partition coefficient (Wildman–Crippen LogP) is 4.42. The van der Waals surface area contributed by atoms with E-state index in [9.17, 15) is 19.2 Å². The first-order valence-corrected chi connectivity index (χ1v) is 18.2. The summed E-state index contributed by atoms with van der Waals surface area (Å²) < 4.78 is 24.5. The van der Waals surface area contributed by atoms with E-state index < -0.39 is 24.1 Å². The zero-order valence-electron chi connectivity index (χ0n) is 28.1. The van der Waals surface area contributed by atoms with Gasteiger partial charge in [-0.1, -0.05) is 12.1 Å². The zero-order valence-corrected chi connectivity index (χ0v) is 28.1. The van der Waals surface area contributed by atoms with Crippen LogP contribution < -0.4 is 18.9 Å². The van der Waals surface area contributed by atoms with Gasteiger partial charge in [-0.05, 0) is 94.6 Å². The largest absolute Gasteiger partial charge is 0.477 e. The summed E-state index contributed by atoms with van der Waals surface area (Å²) in [7, 11) is 4.35. The minimum absolute atomic E-state index is 0.00500. The van der Waals surface area contributed by atoms with Gasteiger partial charge in [0.05, 0.1) is 11.0 Å². The minimum atomic E-state index is -0.513. The lowest BCUT2D eigenvalue weighted by Crippen LogP contribution is -2.60. The Kier molecular flexibility index (Phi) is 5.40. The Bertz CT molecular complexity index is 1960. The number of likely N-dealkylation sites (tertiary alicyclic amines) is 2. The summed E-state index contributed by atoms with van der Waals surface area (Å²) in [6.07, 6.45) is 4.77. The molecule has 0 amide bonds. The summed E-state index contributed by atoms with van der Waals surface area (Å²) in [5.41, 5.74) is 3.99. The van der Waals surface area contributed by atoms with E-state index >= 15 is 0 Å². The van der Waals surface area contributed by atoms with Crippen LogP contribution in [0.2, 0.25) is 0 Å². The predicted molar refractivity (Wildman–Crippen MR) is 173 cm³/mol. The van der Waals surface area contributed by atoms with Crippen molar-refractivity contribution in [2.24, 2.45) is 11.8 Å². The van der Waals surface area contributed by atoms with Crippen LogP contribution in [0, 0.1) is 11.8 Å². The first-order chi connectivity index (χ1) is 23.6. The molecule has 7 unspecified atom stereocenters. The van der Waals surface area contributed by atoms with Gasteiger partial charge in [-0.3, -0.25) is 29.0 Å². The third-order valence-electron chi connectivity index (χ3n) is 14.9.